The third-order valence-electron chi connectivity index (χ3n) is 2.52. The lowest BCUT2D eigenvalue weighted by atomic mass is 10.4. The van der Waals surface area contributed by atoms with Crippen LogP contribution < -0.4 is 0 Å². The van der Waals surface area contributed by atoms with Gasteiger partial charge in [-0.3, -0.25) is 0 Å². The fourth-order valence-corrected chi connectivity index (χ4v) is 2.97. The summed E-state index contributed by atoms with van der Waals surface area (Å²) >= 11 is 3.27. The predicted octanol–water partition coefficient (Wildman–Crippen LogP) is 2.10. The van der Waals surface area contributed by atoms with Crippen LogP contribution in [-0.4, -0.2) is 39.5 Å². The lowest BCUT2D eigenvalue weighted by Crippen LogP contribution is -2.37. The fraction of sp³-hybridized carbons (Fsp3) is 0.455. The Kier molecular flexibility index (Phi) is 5.12. The molecule has 0 fully saturated rings. The van der Waals surface area contributed by atoms with Crippen LogP contribution >= 0.6 is 15.9 Å². The highest BCUT2D eigenvalue weighted by molar-refractivity contribution is 9.10. The summed E-state index contributed by atoms with van der Waals surface area (Å²) in [4.78, 5) is 0.283. The average Bonchev–Trinajstić information content (AvgIpc) is 2.29. The molecular weight excluding hydrogens is 306 g/mol. The Morgan fingerprint density at radius 2 is 1.88 bits per heavy atom. The normalized spacial score (nSPS) is 13.9. The Morgan fingerprint density at radius 1 is 1.35 bits per heavy atom. The molecule has 1 rings (SSSR count). The second-order valence-electron chi connectivity index (χ2n) is 3.78. The molecule has 0 aliphatic rings. The van der Waals surface area contributed by atoms with Gasteiger partial charge < -0.3 is 4.74 Å². The van der Waals surface area contributed by atoms with Crippen LogP contribution in [0.5, 0.6) is 0 Å². The molecule has 1 unspecified atom stereocenters. The number of benzene rings is 1. The van der Waals surface area contributed by atoms with Crippen molar-refractivity contribution in [3.05, 3.63) is 28.7 Å². The zero-order valence-electron chi connectivity index (χ0n) is 10.1. The molecule has 0 saturated heterocycles. The van der Waals surface area contributed by atoms with Gasteiger partial charge in [0.25, 0.3) is 0 Å². The van der Waals surface area contributed by atoms with Crippen LogP contribution in [0, 0.1) is 0 Å². The third-order valence-corrected chi connectivity index (χ3v) is 5.03. The van der Waals surface area contributed by atoms with Crippen molar-refractivity contribution in [1.82, 2.24) is 4.31 Å². The molecule has 6 heteroatoms. The highest BCUT2D eigenvalue weighted by Gasteiger charge is 2.24. The quantitative estimate of drug-likeness (QED) is 0.834. The van der Waals surface area contributed by atoms with Gasteiger partial charge in [-0.05, 0) is 31.2 Å². The summed E-state index contributed by atoms with van der Waals surface area (Å²) in [6, 6.07) is 6.38. The highest BCUT2D eigenvalue weighted by atomic mass is 79.9. The first kappa shape index (κ1) is 14.6. The van der Waals surface area contributed by atoms with Crippen LogP contribution in [0.2, 0.25) is 0 Å². The van der Waals surface area contributed by atoms with Gasteiger partial charge in [0.05, 0.1) is 11.5 Å². The van der Waals surface area contributed by atoms with Gasteiger partial charge in [-0.15, -0.1) is 0 Å². The number of methoxy groups -OCH3 is 1. The summed E-state index contributed by atoms with van der Waals surface area (Å²) in [5, 5.41) is 0. The van der Waals surface area contributed by atoms with Gasteiger partial charge in [0, 0.05) is 24.7 Å². The number of hydrogen-bond donors (Lipinski definition) is 0. The van der Waals surface area contributed by atoms with Gasteiger partial charge in [-0.1, -0.05) is 15.9 Å². The highest BCUT2D eigenvalue weighted by Crippen LogP contribution is 2.19. The molecule has 4 nitrogen and oxygen atoms in total. The standard InChI is InChI=1S/C11H16BrNO3S/c1-9(8-16-3)13(2)17(14,15)11-6-4-10(12)5-7-11/h4-7,9H,8H2,1-3H3. The molecule has 0 bridgehead atoms. The molecule has 0 aromatic heterocycles. The molecule has 0 aliphatic carbocycles. The zero-order chi connectivity index (χ0) is 13.1. The summed E-state index contributed by atoms with van der Waals surface area (Å²) < 4.78 is 31.6. The van der Waals surface area contributed by atoms with Gasteiger partial charge in [0.2, 0.25) is 10.0 Å². The average molecular weight is 322 g/mol. The molecule has 0 radical (unpaired) electrons. The van der Waals surface area contributed by atoms with E-state index in [1.54, 1.807) is 45.3 Å². The minimum absolute atomic E-state index is 0.200. The van der Waals surface area contributed by atoms with E-state index >= 15 is 0 Å². The minimum atomic E-state index is -3.44. The van der Waals surface area contributed by atoms with E-state index in [4.69, 9.17) is 4.74 Å². The van der Waals surface area contributed by atoms with E-state index in [1.165, 1.54) is 4.31 Å². The second-order valence-corrected chi connectivity index (χ2v) is 6.69. The minimum Gasteiger partial charge on any atom is -0.383 e. The topological polar surface area (TPSA) is 46.6 Å². The Morgan fingerprint density at radius 3 is 2.35 bits per heavy atom. The van der Waals surface area contributed by atoms with Crippen molar-refractivity contribution in [3.8, 4) is 0 Å². The van der Waals surface area contributed by atoms with Crippen molar-refractivity contribution in [2.75, 3.05) is 20.8 Å². The number of hydrogen-bond acceptors (Lipinski definition) is 3. The van der Waals surface area contributed by atoms with E-state index in [-0.39, 0.29) is 10.9 Å². The van der Waals surface area contributed by atoms with E-state index in [2.05, 4.69) is 15.9 Å². The summed E-state index contributed by atoms with van der Waals surface area (Å²) in [6.45, 7) is 2.17. The molecule has 0 spiro atoms. The fourth-order valence-electron chi connectivity index (χ4n) is 1.36. The summed E-state index contributed by atoms with van der Waals surface area (Å²) in [6.07, 6.45) is 0. The number of sulfonamides is 1. The smallest absolute Gasteiger partial charge is 0.243 e. The van der Waals surface area contributed by atoms with Crippen LogP contribution in [0.25, 0.3) is 0 Å². The Hall–Kier alpha value is -0.430. The summed E-state index contributed by atoms with van der Waals surface area (Å²) in [5.41, 5.74) is 0. The van der Waals surface area contributed by atoms with E-state index in [0.29, 0.717) is 6.61 Å². The molecule has 1 aromatic rings. The van der Waals surface area contributed by atoms with Crippen LogP contribution in [0.4, 0.5) is 0 Å². The Bertz CT molecular complexity index is 458. The van der Waals surface area contributed by atoms with Gasteiger partial charge in [-0.25, -0.2) is 8.42 Å². The van der Waals surface area contributed by atoms with Crippen molar-refractivity contribution in [2.24, 2.45) is 0 Å². The molecule has 0 saturated carbocycles. The maximum Gasteiger partial charge on any atom is 0.243 e. The number of ether oxygens (including phenoxy) is 1. The molecule has 1 atom stereocenters. The van der Waals surface area contributed by atoms with Crippen molar-refractivity contribution in [3.63, 3.8) is 0 Å². The van der Waals surface area contributed by atoms with Gasteiger partial charge in [0.1, 0.15) is 0 Å². The zero-order valence-corrected chi connectivity index (χ0v) is 12.5. The molecule has 0 heterocycles. The molecule has 1 aromatic carbocycles. The molecule has 96 valence electrons. The van der Waals surface area contributed by atoms with Crippen LogP contribution in [0.15, 0.2) is 33.6 Å². The van der Waals surface area contributed by atoms with E-state index in [1.807, 2.05) is 0 Å². The van der Waals surface area contributed by atoms with Crippen LogP contribution in [0.3, 0.4) is 0 Å². The van der Waals surface area contributed by atoms with Crippen molar-refractivity contribution >= 4 is 26.0 Å². The van der Waals surface area contributed by atoms with Gasteiger partial charge in [0.15, 0.2) is 0 Å². The molecular formula is C11H16BrNO3S. The van der Waals surface area contributed by atoms with Crippen molar-refractivity contribution in [1.29, 1.82) is 0 Å². The predicted molar refractivity (Wildman–Crippen MR) is 70.4 cm³/mol. The summed E-state index contributed by atoms with van der Waals surface area (Å²) in [7, 11) is -0.336. The van der Waals surface area contributed by atoms with E-state index in [0.717, 1.165) is 4.47 Å². The lowest BCUT2D eigenvalue weighted by Gasteiger charge is -2.23. The van der Waals surface area contributed by atoms with Crippen LogP contribution in [-0.2, 0) is 14.8 Å². The van der Waals surface area contributed by atoms with E-state index in [9.17, 15) is 8.42 Å². The number of rotatable bonds is 5. The monoisotopic (exact) mass is 321 g/mol. The largest absolute Gasteiger partial charge is 0.383 e. The SMILES string of the molecule is COCC(C)N(C)S(=O)(=O)c1ccc(Br)cc1. The number of likely N-dealkylation sites (N-methyl/N-ethyl adjacent to an activating group) is 1. The molecule has 17 heavy (non-hydrogen) atoms. The number of halogens is 1. The van der Waals surface area contributed by atoms with Crippen LogP contribution in [0.1, 0.15) is 6.92 Å². The summed E-state index contributed by atoms with van der Waals surface area (Å²) in [5.74, 6) is 0. The molecule has 0 N–H and O–H groups in total. The molecule has 0 amide bonds. The maximum absolute atomic E-state index is 12.2. The third kappa shape index (κ3) is 3.51. The van der Waals surface area contributed by atoms with E-state index < -0.39 is 10.0 Å². The maximum atomic E-state index is 12.2. The first-order valence-electron chi connectivity index (χ1n) is 5.12. The lowest BCUT2D eigenvalue weighted by molar-refractivity contribution is 0.149. The Labute approximate surface area is 111 Å². The van der Waals surface area contributed by atoms with Crippen molar-refractivity contribution < 1.29 is 13.2 Å². The van der Waals surface area contributed by atoms with Crippen molar-refractivity contribution in [2.45, 2.75) is 17.9 Å². The van der Waals surface area contributed by atoms with Gasteiger partial charge in [-0.2, -0.15) is 4.31 Å². The first-order valence-corrected chi connectivity index (χ1v) is 7.35. The van der Waals surface area contributed by atoms with Gasteiger partial charge >= 0.3 is 0 Å². The first-order chi connectivity index (χ1) is 7.89. The second kappa shape index (κ2) is 5.95. The number of nitrogens with zero attached hydrogens (tertiary/aromatic N) is 1. The molecule has 0 aliphatic heterocycles. The Balaban J connectivity index is 2.98.